The molecule has 1 heterocycles. The highest BCUT2D eigenvalue weighted by Gasteiger charge is 2.14. The highest BCUT2D eigenvalue weighted by atomic mass is 35.5. The van der Waals surface area contributed by atoms with Crippen molar-refractivity contribution in [3.05, 3.63) is 74.9 Å². The maximum Gasteiger partial charge on any atom is 0.272 e. The predicted octanol–water partition coefficient (Wildman–Crippen LogP) is 6.13. The number of hydrogen-bond donors (Lipinski definition) is 0. The normalized spacial score (nSPS) is 10.9. The predicted molar refractivity (Wildman–Crippen MR) is 103 cm³/mol. The minimum absolute atomic E-state index is 0.203. The second kappa shape index (κ2) is 7.79. The molecule has 7 heteroatoms. The summed E-state index contributed by atoms with van der Waals surface area (Å²) in [7, 11) is 0. The minimum Gasteiger partial charge on any atom is -0.274 e. The van der Waals surface area contributed by atoms with Crippen LogP contribution in [0.2, 0.25) is 15.1 Å². The van der Waals surface area contributed by atoms with Crippen LogP contribution in [0.4, 0.5) is 0 Å². The summed E-state index contributed by atoms with van der Waals surface area (Å²) in [5, 5.41) is 5.53. The lowest BCUT2D eigenvalue weighted by molar-refractivity contribution is 0.107. The van der Waals surface area contributed by atoms with E-state index in [1.165, 1.54) is 0 Å². The summed E-state index contributed by atoms with van der Waals surface area (Å²) in [5.41, 5.74) is 2.82. The molecule has 3 aromatic rings. The van der Waals surface area contributed by atoms with Gasteiger partial charge < -0.3 is 0 Å². The Kier molecular flexibility index (Phi) is 5.70. The van der Waals surface area contributed by atoms with Crippen molar-refractivity contribution in [1.29, 1.82) is 0 Å². The number of benzene rings is 2. The molecule has 0 aliphatic heterocycles. The van der Waals surface area contributed by atoms with E-state index < -0.39 is 5.24 Å². The molecule has 1 aromatic heterocycles. The van der Waals surface area contributed by atoms with Gasteiger partial charge in [-0.25, -0.2) is 0 Å². The van der Waals surface area contributed by atoms with Gasteiger partial charge in [0.1, 0.15) is 5.69 Å². The van der Waals surface area contributed by atoms with Crippen molar-refractivity contribution in [3.63, 3.8) is 0 Å². The number of nitrogens with zero attached hydrogens (tertiary/aromatic N) is 2. The Labute approximate surface area is 165 Å². The smallest absolute Gasteiger partial charge is 0.272 e. The number of aryl methyl sites for hydroxylation is 2. The van der Waals surface area contributed by atoms with E-state index in [0.29, 0.717) is 28.0 Å². The molecule has 0 bridgehead atoms. The van der Waals surface area contributed by atoms with Crippen LogP contribution in [0.15, 0.2) is 48.5 Å². The zero-order valence-corrected chi connectivity index (χ0v) is 15.9. The van der Waals surface area contributed by atoms with Crippen LogP contribution in [0.5, 0.6) is 0 Å². The molecule has 3 nitrogen and oxygen atoms in total. The van der Waals surface area contributed by atoms with Gasteiger partial charge in [0.05, 0.1) is 5.69 Å². The molecule has 0 spiro atoms. The van der Waals surface area contributed by atoms with Crippen LogP contribution in [0.3, 0.4) is 0 Å². The van der Waals surface area contributed by atoms with Gasteiger partial charge in [-0.2, -0.15) is 5.10 Å². The Morgan fingerprint density at radius 1 is 0.960 bits per heavy atom. The lowest BCUT2D eigenvalue weighted by Crippen LogP contribution is -2.06. The lowest BCUT2D eigenvalue weighted by Gasteiger charge is -2.09. The molecule has 25 heavy (non-hydrogen) atoms. The molecule has 0 unspecified atom stereocenters. The van der Waals surface area contributed by atoms with Gasteiger partial charge >= 0.3 is 0 Å². The van der Waals surface area contributed by atoms with Crippen molar-refractivity contribution < 1.29 is 4.79 Å². The summed E-state index contributed by atoms with van der Waals surface area (Å²) < 4.78 is 1.74. The molecule has 0 saturated heterocycles. The van der Waals surface area contributed by atoms with Crippen LogP contribution in [0.1, 0.15) is 16.1 Å². The van der Waals surface area contributed by atoms with Gasteiger partial charge in [0.15, 0.2) is 0 Å². The van der Waals surface area contributed by atoms with Gasteiger partial charge in [0.2, 0.25) is 0 Å². The first-order valence-corrected chi connectivity index (χ1v) is 8.93. The third-order valence-corrected chi connectivity index (χ3v) is 4.76. The van der Waals surface area contributed by atoms with Crippen LogP contribution in [0.25, 0.3) is 11.3 Å². The lowest BCUT2D eigenvalue weighted by atomic mass is 10.1. The largest absolute Gasteiger partial charge is 0.274 e. The SMILES string of the molecule is O=C(Cl)c1cc(-c2ccc(Cl)cc2)n(CCc2ccc(Cl)cc2Cl)n1. The highest BCUT2D eigenvalue weighted by molar-refractivity contribution is 6.67. The first kappa shape index (κ1) is 18.3. The second-order valence-electron chi connectivity index (χ2n) is 5.40. The van der Waals surface area contributed by atoms with Gasteiger partial charge in [-0.05, 0) is 59.5 Å². The zero-order valence-electron chi connectivity index (χ0n) is 12.8. The molecule has 0 aliphatic rings. The topological polar surface area (TPSA) is 34.9 Å². The third kappa shape index (κ3) is 4.36. The number of aromatic nitrogens is 2. The quantitative estimate of drug-likeness (QED) is 0.471. The Balaban J connectivity index is 1.91. The minimum atomic E-state index is -0.599. The van der Waals surface area contributed by atoms with Crippen LogP contribution in [0, 0.1) is 0 Å². The average Bonchev–Trinajstić information content (AvgIpc) is 2.99. The molecule has 0 amide bonds. The number of rotatable bonds is 5. The van der Waals surface area contributed by atoms with Gasteiger partial charge in [-0.1, -0.05) is 53.0 Å². The first-order valence-electron chi connectivity index (χ1n) is 7.41. The van der Waals surface area contributed by atoms with Crippen molar-refractivity contribution in [3.8, 4) is 11.3 Å². The van der Waals surface area contributed by atoms with E-state index in [1.807, 2.05) is 18.2 Å². The summed E-state index contributed by atoms with van der Waals surface area (Å²) in [6, 6.07) is 14.3. The molecule has 3 rings (SSSR count). The monoisotopic (exact) mass is 412 g/mol. The van der Waals surface area contributed by atoms with Crippen LogP contribution in [-0.4, -0.2) is 15.0 Å². The first-order chi connectivity index (χ1) is 11.9. The Morgan fingerprint density at radius 2 is 1.64 bits per heavy atom. The Morgan fingerprint density at radius 3 is 2.28 bits per heavy atom. The van der Waals surface area contributed by atoms with Crippen molar-refractivity contribution in [1.82, 2.24) is 9.78 Å². The van der Waals surface area contributed by atoms with Crippen LogP contribution < -0.4 is 0 Å². The molecule has 0 saturated carbocycles. The number of halogens is 4. The van der Waals surface area contributed by atoms with Gasteiger partial charge in [0, 0.05) is 21.6 Å². The van der Waals surface area contributed by atoms with E-state index in [4.69, 9.17) is 46.4 Å². The van der Waals surface area contributed by atoms with E-state index >= 15 is 0 Å². The fourth-order valence-electron chi connectivity index (χ4n) is 2.49. The van der Waals surface area contributed by atoms with Crippen molar-refractivity contribution in [2.24, 2.45) is 0 Å². The molecule has 0 fully saturated rings. The Hall–Kier alpha value is -1.52. The molecule has 0 aliphatic carbocycles. The molecule has 2 aromatic carbocycles. The van der Waals surface area contributed by atoms with E-state index in [0.717, 1.165) is 16.8 Å². The maximum atomic E-state index is 11.5. The van der Waals surface area contributed by atoms with Gasteiger partial charge in [0.25, 0.3) is 5.24 Å². The molecule has 0 radical (unpaired) electrons. The molecule has 0 atom stereocenters. The molecule has 0 N–H and O–H groups in total. The zero-order chi connectivity index (χ0) is 18.0. The van der Waals surface area contributed by atoms with Crippen LogP contribution >= 0.6 is 46.4 Å². The highest BCUT2D eigenvalue weighted by Crippen LogP contribution is 2.25. The summed E-state index contributed by atoms with van der Waals surface area (Å²) in [6.45, 7) is 0.531. The fourth-order valence-corrected chi connectivity index (χ4v) is 3.21. The summed E-state index contributed by atoms with van der Waals surface area (Å²) in [5.74, 6) is 0. The summed E-state index contributed by atoms with van der Waals surface area (Å²) >= 11 is 23.7. The van der Waals surface area contributed by atoms with E-state index in [-0.39, 0.29) is 5.69 Å². The van der Waals surface area contributed by atoms with Crippen molar-refractivity contribution in [2.45, 2.75) is 13.0 Å². The molecule has 128 valence electrons. The van der Waals surface area contributed by atoms with Crippen LogP contribution in [-0.2, 0) is 13.0 Å². The molecular weight excluding hydrogens is 402 g/mol. The van der Waals surface area contributed by atoms with Gasteiger partial charge in [-0.3, -0.25) is 9.48 Å². The summed E-state index contributed by atoms with van der Waals surface area (Å²) in [6.07, 6.45) is 0.633. The maximum absolute atomic E-state index is 11.5. The van der Waals surface area contributed by atoms with E-state index in [2.05, 4.69) is 5.10 Å². The van der Waals surface area contributed by atoms with Crippen molar-refractivity contribution >= 4 is 51.6 Å². The number of carbonyl (C=O) groups is 1. The average molecular weight is 414 g/mol. The Bertz CT molecular complexity index is 919. The van der Waals surface area contributed by atoms with Crippen molar-refractivity contribution in [2.75, 3.05) is 0 Å². The third-order valence-electron chi connectivity index (χ3n) is 3.73. The van der Waals surface area contributed by atoms with E-state index in [1.54, 1.807) is 35.0 Å². The second-order valence-corrected chi connectivity index (χ2v) is 7.03. The number of hydrogen-bond acceptors (Lipinski definition) is 2. The standard InChI is InChI=1S/C18H12Cl4N2O/c19-13-4-2-12(3-5-13)17-10-16(18(22)25)23-24(17)8-7-11-1-6-14(20)9-15(11)21/h1-6,9-10H,7-8H2. The van der Waals surface area contributed by atoms with E-state index in [9.17, 15) is 4.79 Å². The summed E-state index contributed by atoms with van der Waals surface area (Å²) in [4.78, 5) is 11.5. The fraction of sp³-hybridized carbons (Fsp3) is 0.111. The molecular formula is C18H12Cl4N2O. The van der Waals surface area contributed by atoms with Gasteiger partial charge in [-0.15, -0.1) is 0 Å². The number of carbonyl (C=O) groups excluding carboxylic acids is 1.